The number of hydrogen-bond donors (Lipinski definition) is 0. The minimum Gasteiger partial charge on any atom is -0.272 e. The molecule has 2 amide bonds. The zero-order valence-electron chi connectivity index (χ0n) is 8.84. The summed E-state index contributed by atoms with van der Waals surface area (Å²) in [4.78, 5) is 27.7. The molecule has 0 aliphatic carbocycles. The smallest absolute Gasteiger partial charge is 0.272 e. The number of imide groups is 1. The van der Waals surface area contributed by atoms with Gasteiger partial charge in [-0.1, -0.05) is 30.3 Å². The van der Waals surface area contributed by atoms with Gasteiger partial charge in [0.25, 0.3) is 11.8 Å². The fourth-order valence-corrected chi connectivity index (χ4v) is 1.60. The van der Waals surface area contributed by atoms with Crippen LogP contribution in [0.25, 0.3) is 6.08 Å². The van der Waals surface area contributed by atoms with Crippen LogP contribution in [0.5, 0.6) is 0 Å². The predicted molar refractivity (Wildman–Crippen MR) is 57.9 cm³/mol. The van der Waals surface area contributed by atoms with Crippen LogP contribution in [0, 0.1) is 0 Å². The van der Waals surface area contributed by atoms with Gasteiger partial charge in [-0.3, -0.25) is 14.4 Å². The van der Waals surface area contributed by atoms with Crippen molar-refractivity contribution in [3.8, 4) is 0 Å². The molecule has 0 N–H and O–H groups in total. The van der Waals surface area contributed by atoms with Gasteiger partial charge in [0, 0.05) is 5.57 Å². The Bertz CT molecular complexity index is 451. The summed E-state index contributed by atoms with van der Waals surface area (Å²) in [5.41, 5.74) is 1.36. The summed E-state index contributed by atoms with van der Waals surface area (Å²) in [6.07, 6.45) is 1.81. The molecular formula is C12H11NO3. The third-order valence-corrected chi connectivity index (χ3v) is 2.35. The summed E-state index contributed by atoms with van der Waals surface area (Å²) < 4.78 is 0. The Kier molecular flexibility index (Phi) is 2.83. The first-order chi connectivity index (χ1) is 7.72. The van der Waals surface area contributed by atoms with E-state index >= 15 is 0 Å². The van der Waals surface area contributed by atoms with Crippen LogP contribution in [0.1, 0.15) is 12.0 Å². The lowest BCUT2D eigenvalue weighted by Crippen LogP contribution is -2.27. The quantitative estimate of drug-likeness (QED) is 0.555. The first-order valence-electron chi connectivity index (χ1n) is 4.89. The first kappa shape index (κ1) is 10.6. The minimum atomic E-state index is -0.378. The molecule has 1 aliphatic rings. The SMILES string of the molecule is CON1C(=O)CC(=Cc2ccccc2)C1=O. The third kappa shape index (κ3) is 1.87. The number of benzene rings is 1. The van der Waals surface area contributed by atoms with Gasteiger partial charge in [-0.15, -0.1) is 5.06 Å². The highest BCUT2D eigenvalue weighted by Gasteiger charge is 2.34. The molecule has 0 unspecified atom stereocenters. The molecule has 1 fully saturated rings. The summed E-state index contributed by atoms with van der Waals surface area (Å²) >= 11 is 0. The van der Waals surface area contributed by atoms with E-state index in [4.69, 9.17) is 4.84 Å². The number of rotatable bonds is 2. The van der Waals surface area contributed by atoms with Crippen molar-refractivity contribution in [2.45, 2.75) is 6.42 Å². The molecule has 1 saturated heterocycles. The highest BCUT2D eigenvalue weighted by atomic mass is 16.7. The van der Waals surface area contributed by atoms with Gasteiger partial charge in [0.1, 0.15) is 0 Å². The molecule has 0 radical (unpaired) electrons. The van der Waals surface area contributed by atoms with Gasteiger partial charge in [0.05, 0.1) is 13.5 Å². The van der Waals surface area contributed by atoms with Gasteiger partial charge in [-0.05, 0) is 11.6 Å². The van der Waals surface area contributed by atoms with Crippen molar-refractivity contribution in [3.05, 3.63) is 41.5 Å². The number of amides is 2. The van der Waals surface area contributed by atoms with E-state index in [-0.39, 0.29) is 18.2 Å². The summed E-state index contributed by atoms with van der Waals surface area (Å²) in [5.74, 6) is -0.703. The van der Waals surface area contributed by atoms with Crippen LogP contribution < -0.4 is 0 Å². The highest BCUT2D eigenvalue weighted by Crippen LogP contribution is 2.21. The zero-order valence-corrected chi connectivity index (χ0v) is 8.84. The molecule has 2 rings (SSSR count). The van der Waals surface area contributed by atoms with Crippen LogP contribution in [0.3, 0.4) is 0 Å². The van der Waals surface area contributed by atoms with Gasteiger partial charge >= 0.3 is 0 Å². The van der Waals surface area contributed by atoms with E-state index in [0.717, 1.165) is 10.6 Å². The second-order valence-corrected chi connectivity index (χ2v) is 3.43. The number of carbonyl (C=O) groups excluding carboxylic acids is 2. The van der Waals surface area contributed by atoms with Gasteiger partial charge in [-0.25, -0.2) is 0 Å². The Hall–Kier alpha value is -1.94. The molecule has 4 heteroatoms. The van der Waals surface area contributed by atoms with Crippen LogP contribution >= 0.6 is 0 Å². The van der Waals surface area contributed by atoms with E-state index in [9.17, 15) is 9.59 Å². The summed E-state index contributed by atoms with van der Waals surface area (Å²) in [7, 11) is 1.31. The minimum absolute atomic E-state index is 0.0988. The van der Waals surface area contributed by atoms with Crippen molar-refractivity contribution < 1.29 is 14.4 Å². The molecule has 16 heavy (non-hydrogen) atoms. The molecule has 0 saturated carbocycles. The molecular weight excluding hydrogens is 206 g/mol. The lowest BCUT2D eigenvalue weighted by Gasteiger charge is -2.07. The van der Waals surface area contributed by atoms with E-state index in [1.807, 2.05) is 30.3 Å². The Morgan fingerprint density at radius 2 is 1.94 bits per heavy atom. The topological polar surface area (TPSA) is 46.6 Å². The predicted octanol–water partition coefficient (Wildman–Crippen LogP) is 1.39. The Morgan fingerprint density at radius 3 is 2.50 bits per heavy atom. The van der Waals surface area contributed by atoms with E-state index < -0.39 is 0 Å². The Labute approximate surface area is 93.1 Å². The molecule has 0 spiro atoms. The molecule has 1 aromatic carbocycles. The fraction of sp³-hybridized carbons (Fsp3) is 0.167. The van der Waals surface area contributed by atoms with Gasteiger partial charge in [0.2, 0.25) is 0 Å². The van der Waals surface area contributed by atoms with Crippen molar-refractivity contribution in [2.75, 3.05) is 7.11 Å². The normalized spacial score (nSPS) is 18.6. The van der Waals surface area contributed by atoms with Crippen LogP contribution in [-0.2, 0) is 14.4 Å². The maximum atomic E-state index is 11.7. The lowest BCUT2D eigenvalue weighted by atomic mass is 10.1. The van der Waals surface area contributed by atoms with Gasteiger partial charge in [0.15, 0.2) is 0 Å². The molecule has 82 valence electrons. The molecule has 4 nitrogen and oxygen atoms in total. The number of hydroxylamine groups is 2. The molecule has 0 aromatic heterocycles. The van der Waals surface area contributed by atoms with Crippen molar-refractivity contribution in [1.29, 1.82) is 0 Å². The third-order valence-electron chi connectivity index (χ3n) is 2.35. The second-order valence-electron chi connectivity index (χ2n) is 3.43. The summed E-state index contributed by atoms with van der Waals surface area (Å²) in [6, 6.07) is 9.40. The van der Waals surface area contributed by atoms with E-state index in [1.54, 1.807) is 6.08 Å². The average molecular weight is 217 g/mol. The van der Waals surface area contributed by atoms with Crippen LogP contribution in [0.4, 0.5) is 0 Å². The number of nitrogens with zero attached hydrogens (tertiary/aromatic N) is 1. The Balaban J connectivity index is 2.27. The highest BCUT2D eigenvalue weighted by molar-refractivity contribution is 6.14. The maximum Gasteiger partial charge on any atom is 0.281 e. The standard InChI is InChI=1S/C12H11NO3/c1-16-13-11(14)8-10(12(13)15)7-9-5-3-2-4-6-9/h2-7H,8H2,1H3. The summed E-state index contributed by atoms with van der Waals surface area (Å²) in [6.45, 7) is 0. The summed E-state index contributed by atoms with van der Waals surface area (Å²) in [5, 5.41) is 0.786. The van der Waals surface area contributed by atoms with Crippen molar-refractivity contribution in [1.82, 2.24) is 5.06 Å². The monoisotopic (exact) mass is 217 g/mol. The lowest BCUT2D eigenvalue weighted by molar-refractivity contribution is -0.178. The number of hydrogen-bond acceptors (Lipinski definition) is 3. The molecule has 0 bridgehead atoms. The molecule has 1 heterocycles. The van der Waals surface area contributed by atoms with Crippen LogP contribution in [-0.4, -0.2) is 24.0 Å². The number of carbonyl (C=O) groups is 2. The first-order valence-corrected chi connectivity index (χ1v) is 4.89. The van der Waals surface area contributed by atoms with Crippen molar-refractivity contribution in [3.63, 3.8) is 0 Å². The molecule has 1 aromatic rings. The van der Waals surface area contributed by atoms with Crippen molar-refractivity contribution in [2.24, 2.45) is 0 Å². The van der Waals surface area contributed by atoms with Gasteiger partial charge in [-0.2, -0.15) is 0 Å². The average Bonchev–Trinajstić information content (AvgIpc) is 2.55. The molecule has 0 atom stereocenters. The van der Waals surface area contributed by atoms with E-state index in [0.29, 0.717) is 5.57 Å². The molecule has 1 aliphatic heterocycles. The second kappa shape index (κ2) is 4.28. The zero-order chi connectivity index (χ0) is 11.5. The van der Waals surface area contributed by atoms with E-state index in [2.05, 4.69) is 0 Å². The largest absolute Gasteiger partial charge is 0.281 e. The van der Waals surface area contributed by atoms with Crippen molar-refractivity contribution >= 4 is 17.9 Å². The van der Waals surface area contributed by atoms with Crippen LogP contribution in [0.2, 0.25) is 0 Å². The Morgan fingerprint density at radius 1 is 1.25 bits per heavy atom. The fourth-order valence-electron chi connectivity index (χ4n) is 1.60. The van der Waals surface area contributed by atoms with Gasteiger partial charge < -0.3 is 0 Å². The van der Waals surface area contributed by atoms with Crippen LogP contribution in [0.15, 0.2) is 35.9 Å². The maximum absolute atomic E-state index is 11.7. The van der Waals surface area contributed by atoms with E-state index in [1.165, 1.54) is 7.11 Å².